The number of rotatable bonds is 4. The van der Waals surface area contributed by atoms with Crippen LogP contribution in [-0.4, -0.2) is 36.5 Å². The first-order valence-electron chi connectivity index (χ1n) is 10.6. The zero-order valence-corrected chi connectivity index (χ0v) is 19.3. The number of benzene rings is 2. The SMILES string of the molecule is Cc1ccccc1N1C(=O)NC(=O)C(=Cc2cc(C)n(-c3ccc(N(C)C)cc3)c2C)C1=O. The van der Waals surface area contributed by atoms with Gasteiger partial charge in [0.05, 0.1) is 5.69 Å². The van der Waals surface area contributed by atoms with Gasteiger partial charge in [-0.2, -0.15) is 0 Å². The summed E-state index contributed by atoms with van der Waals surface area (Å²) >= 11 is 0. The van der Waals surface area contributed by atoms with Gasteiger partial charge in [0.2, 0.25) is 0 Å². The fraction of sp³-hybridized carbons (Fsp3) is 0.192. The number of aryl methyl sites for hydroxylation is 2. The Morgan fingerprint density at radius 3 is 2.21 bits per heavy atom. The van der Waals surface area contributed by atoms with Crippen molar-refractivity contribution in [3.63, 3.8) is 0 Å². The lowest BCUT2D eigenvalue weighted by molar-refractivity contribution is -0.122. The predicted octanol–water partition coefficient (Wildman–Crippen LogP) is 4.13. The van der Waals surface area contributed by atoms with E-state index in [0.29, 0.717) is 5.69 Å². The minimum absolute atomic E-state index is 0.0824. The molecule has 168 valence electrons. The van der Waals surface area contributed by atoms with Crippen LogP contribution in [0.15, 0.2) is 60.2 Å². The van der Waals surface area contributed by atoms with Crippen molar-refractivity contribution < 1.29 is 14.4 Å². The second-order valence-electron chi connectivity index (χ2n) is 8.32. The van der Waals surface area contributed by atoms with Crippen molar-refractivity contribution in [2.45, 2.75) is 20.8 Å². The summed E-state index contributed by atoms with van der Waals surface area (Å²) < 4.78 is 2.07. The minimum Gasteiger partial charge on any atom is -0.378 e. The second kappa shape index (κ2) is 8.43. The number of aromatic nitrogens is 1. The third kappa shape index (κ3) is 3.93. The molecule has 2 aromatic carbocycles. The van der Waals surface area contributed by atoms with E-state index in [2.05, 4.69) is 9.88 Å². The molecule has 0 spiro atoms. The van der Waals surface area contributed by atoms with E-state index in [0.717, 1.165) is 38.8 Å². The molecule has 0 radical (unpaired) electrons. The molecular formula is C26H26N4O3. The van der Waals surface area contributed by atoms with Crippen LogP contribution in [0, 0.1) is 20.8 Å². The number of hydrogen-bond donors (Lipinski definition) is 1. The number of amides is 4. The third-order valence-electron chi connectivity index (χ3n) is 5.85. The molecule has 4 amide bonds. The number of para-hydroxylation sites is 1. The molecule has 33 heavy (non-hydrogen) atoms. The van der Waals surface area contributed by atoms with E-state index < -0.39 is 17.8 Å². The van der Waals surface area contributed by atoms with Crippen LogP contribution in [0.5, 0.6) is 0 Å². The Bertz CT molecular complexity index is 1300. The first-order chi connectivity index (χ1) is 15.7. The minimum atomic E-state index is -0.747. The van der Waals surface area contributed by atoms with E-state index in [-0.39, 0.29) is 5.57 Å². The zero-order chi connectivity index (χ0) is 23.9. The van der Waals surface area contributed by atoms with Crippen LogP contribution >= 0.6 is 0 Å². The molecule has 4 rings (SSSR count). The van der Waals surface area contributed by atoms with Crippen LogP contribution in [0.2, 0.25) is 0 Å². The summed E-state index contributed by atoms with van der Waals surface area (Å²) in [5.74, 6) is -1.34. The van der Waals surface area contributed by atoms with Gasteiger partial charge in [-0.3, -0.25) is 14.9 Å². The Morgan fingerprint density at radius 2 is 1.58 bits per heavy atom. The number of anilines is 2. The lowest BCUT2D eigenvalue weighted by Crippen LogP contribution is -2.54. The molecule has 1 aliphatic rings. The summed E-state index contributed by atoms with van der Waals surface area (Å²) in [4.78, 5) is 41.4. The van der Waals surface area contributed by atoms with Gasteiger partial charge in [0.25, 0.3) is 11.8 Å². The van der Waals surface area contributed by atoms with Gasteiger partial charge in [0.15, 0.2) is 0 Å². The molecule has 1 aliphatic heterocycles. The van der Waals surface area contributed by atoms with Crippen LogP contribution < -0.4 is 15.1 Å². The molecular weight excluding hydrogens is 416 g/mol. The van der Waals surface area contributed by atoms with Crippen LogP contribution in [0.1, 0.15) is 22.5 Å². The van der Waals surface area contributed by atoms with Gasteiger partial charge in [-0.25, -0.2) is 9.69 Å². The number of imide groups is 2. The molecule has 3 aromatic rings. The lowest BCUT2D eigenvalue weighted by Gasteiger charge is -2.27. The quantitative estimate of drug-likeness (QED) is 0.487. The average Bonchev–Trinajstić information content (AvgIpc) is 3.05. The topological polar surface area (TPSA) is 74.7 Å². The fourth-order valence-corrected chi connectivity index (χ4v) is 4.08. The summed E-state index contributed by atoms with van der Waals surface area (Å²) in [6, 6.07) is 16.4. The average molecular weight is 443 g/mol. The standard InChI is InChI=1S/C26H26N4O3/c1-16-8-6-7-9-23(16)30-25(32)22(24(31)27-26(30)33)15-19-14-17(2)29(18(19)3)21-12-10-20(11-13-21)28(4)5/h6-15H,1-5H3,(H,27,31,33). The first-order valence-corrected chi connectivity index (χ1v) is 10.6. The van der Waals surface area contributed by atoms with Crippen molar-refractivity contribution in [2.75, 3.05) is 23.9 Å². The van der Waals surface area contributed by atoms with Gasteiger partial charge in [-0.15, -0.1) is 0 Å². The molecule has 1 aromatic heterocycles. The molecule has 2 heterocycles. The number of barbiturate groups is 1. The summed E-state index contributed by atoms with van der Waals surface area (Å²) in [6.07, 6.45) is 1.56. The highest BCUT2D eigenvalue weighted by Crippen LogP contribution is 2.28. The zero-order valence-electron chi connectivity index (χ0n) is 19.3. The molecule has 0 saturated carbocycles. The third-order valence-corrected chi connectivity index (χ3v) is 5.85. The molecule has 0 aliphatic carbocycles. The number of carbonyl (C=O) groups is 3. The van der Waals surface area contributed by atoms with Crippen molar-refractivity contribution in [3.05, 3.63) is 82.7 Å². The van der Waals surface area contributed by atoms with Crippen LogP contribution in [0.4, 0.5) is 16.2 Å². The molecule has 1 fully saturated rings. The highest BCUT2D eigenvalue weighted by atomic mass is 16.2. The van der Waals surface area contributed by atoms with E-state index in [9.17, 15) is 14.4 Å². The highest BCUT2D eigenvalue weighted by Gasteiger charge is 2.37. The van der Waals surface area contributed by atoms with E-state index in [1.165, 1.54) is 0 Å². The Hall–Kier alpha value is -4.13. The van der Waals surface area contributed by atoms with Crippen LogP contribution in [-0.2, 0) is 9.59 Å². The van der Waals surface area contributed by atoms with Crippen molar-refractivity contribution >= 4 is 35.3 Å². The monoisotopic (exact) mass is 442 g/mol. The number of nitrogens with zero attached hydrogens (tertiary/aromatic N) is 3. The second-order valence-corrected chi connectivity index (χ2v) is 8.32. The maximum atomic E-state index is 13.2. The van der Waals surface area contributed by atoms with Crippen LogP contribution in [0.3, 0.4) is 0 Å². The predicted molar refractivity (Wildman–Crippen MR) is 130 cm³/mol. The molecule has 1 N–H and O–H groups in total. The normalized spacial score (nSPS) is 15.2. The van der Waals surface area contributed by atoms with Gasteiger partial charge in [-0.05, 0) is 74.4 Å². The molecule has 0 unspecified atom stereocenters. The van der Waals surface area contributed by atoms with E-state index in [4.69, 9.17) is 0 Å². The van der Waals surface area contributed by atoms with E-state index >= 15 is 0 Å². The molecule has 7 nitrogen and oxygen atoms in total. The van der Waals surface area contributed by atoms with Gasteiger partial charge in [0, 0.05) is 36.9 Å². The van der Waals surface area contributed by atoms with Crippen molar-refractivity contribution in [1.29, 1.82) is 0 Å². The Kier molecular flexibility index (Phi) is 5.64. The van der Waals surface area contributed by atoms with E-state index in [1.54, 1.807) is 18.2 Å². The molecule has 0 atom stereocenters. The number of urea groups is 1. The van der Waals surface area contributed by atoms with Crippen molar-refractivity contribution in [2.24, 2.45) is 0 Å². The van der Waals surface area contributed by atoms with Gasteiger partial charge >= 0.3 is 6.03 Å². The van der Waals surface area contributed by atoms with Crippen molar-refractivity contribution in [3.8, 4) is 5.69 Å². The maximum absolute atomic E-state index is 13.2. The summed E-state index contributed by atoms with van der Waals surface area (Å²) in [5.41, 5.74) is 5.79. The van der Waals surface area contributed by atoms with Gasteiger partial charge in [0.1, 0.15) is 5.57 Å². The Labute approximate surface area is 192 Å². The van der Waals surface area contributed by atoms with Crippen LogP contribution in [0.25, 0.3) is 11.8 Å². The number of hydrogen-bond acceptors (Lipinski definition) is 4. The highest BCUT2D eigenvalue weighted by molar-refractivity contribution is 6.39. The van der Waals surface area contributed by atoms with Gasteiger partial charge in [-0.1, -0.05) is 18.2 Å². The van der Waals surface area contributed by atoms with Gasteiger partial charge < -0.3 is 9.47 Å². The fourth-order valence-electron chi connectivity index (χ4n) is 4.08. The maximum Gasteiger partial charge on any atom is 0.335 e. The molecule has 1 saturated heterocycles. The van der Waals surface area contributed by atoms with Crippen molar-refractivity contribution in [1.82, 2.24) is 9.88 Å². The van der Waals surface area contributed by atoms with E-state index in [1.807, 2.05) is 82.2 Å². The number of nitrogens with one attached hydrogen (secondary N) is 1. The molecule has 7 heteroatoms. The Balaban J connectivity index is 1.74. The summed E-state index contributed by atoms with van der Waals surface area (Å²) in [5, 5.41) is 2.29. The first kappa shape index (κ1) is 22.1. The molecule has 0 bridgehead atoms. The lowest BCUT2D eigenvalue weighted by atomic mass is 10.1. The smallest absolute Gasteiger partial charge is 0.335 e. The summed E-state index contributed by atoms with van der Waals surface area (Å²) in [7, 11) is 3.98. The largest absolute Gasteiger partial charge is 0.378 e. The summed E-state index contributed by atoms with van der Waals surface area (Å²) in [6.45, 7) is 5.72. The number of carbonyl (C=O) groups excluding carboxylic acids is 3. The Morgan fingerprint density at radius 1 is 0.909 bits per heavy atom.